The van der Waals surface area contributed by atoms with Gasteiger partial charge in [0.2, 0.25) is 0 Å². The standard InChI is InChI=1S/C38H68FNO3Si.C30H64O3Si/c1-8-9-10-11-12-13-14-15-16-17-18-19-20-21-22-23-24-41-30-38(31-43-44(32(2)3,33(4)5)34(6)7)42-29-36-25-35(28-40)26-37(39)27-36;1-8-9-10-11-12-13-14-15-16-17-18-19-20-21-22-23-24-32-25-30(31)26-33-34(27(2)3,28(4)5)29(6)7/h25-27,32-34,38H,8-24,29-31H2,1-7H3;27-31H,8-26H2,1-7H3/t38-;30-/m11/s1. The highest BCUT2D eigenvalue weighted by atomic mass is 28.4. The maximum absolute atomic E-state index is 14.0. The van der Waals surface area contributed by atoms with Crippen molar-refractivity contribution in [1.29, 1.82) is 5.26 Å². The van der Waals surface area contributed by atoms with E-state index < -0.39 is 28.6 Å². The van der Waals surface area contributed by atoms with Crippen LogP contribution in [0.4, 0.5) is 4.39 Å². The van der Waals surface area contributed by atoms with E-state index in [9.17, 15) is 14.8 Å². The highest BCUT2D eigenvalue weighted by Crippen LogP contribution is 2.43. The van der Waals surface area contributed by atoms with E-state index in [0.717, 1.165) is 26.1 Å². The van der Waals surface area contributed by atoms with Crippen LogP contribution in [0.15, 0.2) is 18.2 Å². The van der Waals surface area contributed by atoms with Crippen LogP contribution in [-0.2, 0) is 29.7 Å². The van der Waals surface area contributed by atoms with Gasteiger partial charge < -0.3 is 28.2 Å². The topological polar surface area (TPSA) is 90.2 Å². The summed E-state index contributed by atoms with van der Waals surface area (Å²) in [5.41, 5.74) is 4.05. The molecule has 0 spiro atoms. The Balaban J connectivity index is 0.00000157. The summed E-state index contributed by atoms with van der Waals surface area (Å²) in [6, 6.07) is 6.40. The maximum Gasteiger partial charge on any atom is 0.200 e. The average Bonchev–Trinajstić information content (AvgIpc) is 3.39. The van der Waals surface area contributed by atoms with Gasteiger partial charge in [-0.1, -0.05) is 290 Å². The van der Waals surface area contributed by atoms with Gasteiger partial charge in [0.25, 0.3) is 0 Å². The van der Waals surface area contributed by atoms with E-state index in [1.807, 2.05) is 6.07 Å². The van der Waals surface area contributed by atoms with Gasteiger partial charge in [0, 0.05) is 13.2 Å². The number of nitrogens with zero attached hydrogens (tertiary/aromatic N) is 1. The van der Waals surface area contributed by atoms with E-state index in [1.165, 1.54) is 205 Å². The number of ether oxygens (including phenoxy) is 3. The summed E-state index contributed by atoms with van der Waals surface area (Å²) in [6.45, 7) is 35.4. The maximum atomic E-state index is 14.0. The lowest BCUT2D eigenvalue weighted by Gasteiger charge is -2.43. The summed E-state index contributed by atoms with van der Waals surface area (Å²) in [4.78, 5) is 0. The van der Waals surface area contributed by atoms with E-state index in [-0.39, 0.29) is 12.7 Å². The largest absolute Gasteiger partial charge is 0.413 e. The fraction of sp³-hybridized carbons (Fsp3) is 0.897. The molecule has 0 aliphatic carbocycles. The van der Waals surface area contributed by atoms with Crippen LogP contribution in [0.1, 0.15) is 314 Å². The van der Waals surface area contributed by atoms with Gasteiger partial charge in [0.1, 0.15) is 11.9 Å². The second-order valence-electron chi connectivity index (χ2n) is 25.6. The lowest BCUT2D eigenvalue weighted by Crippen LogP contribution is -2.49. The molecule has 1 aromatic carbocycles. The highest BCUT2D eigenvalue weighted by Gasteiger charge is 2.46. The molecule has 0 bridgehead atoms. The van der Waals surface area contributed by atoms with Crippen molar-refractivity contribution in [2.24, 2.45) is 0 Å². The molecule has 0 fully saturated rings. The van der Waals surface area contributed by atoms with Crippen molar-refractivity contribution >= 4 is 16.6 Å². The number of unbranched alkanes of at least 4 members (excludes halogenated alkanes) is 30. The Hall–Kier alpha value is -1.17. The van der Waals surface area contributed by atoms with Crippen LogP contribution in [-0.4, -0.2) is 73.6 Å². The normalized spacial score (nSPS) is 13.1. The van der Waals surface area contributed by atoms with Gasteiger partial charge in [-0.2, -0.15) is 5.26 Å². The Kier molecular flexibility index (Phi) is 49.6. The molecule has 2 atom stereocenters. The van der Waals surface area contributed by atoms with Gasteiger partial charge in [-0.25, -0.2) is 4.39 Å². The zero-order valence-electron chi connectivity index (χ0n) is 54.2. The zero-order valence-corrected chi connectivity index (χ0v) is 56.2. The molecule has 10 heteroatoms. The summed E-state index contributed by atoms with van der Waals surface area (Å²) >= 11 is 0. The molecule has 0 radical (unpaired) electrons. The summed E-state index contributed by atoms with van der Waals surface area (Å²) in [7, 11) is -3.95. The smallest absolute Gasteiger partial charge is 0.200 e. The van der Waals surface area contributed by atoms with Crippen LogP contribution in [0.2, 0.25) is 33.2 Å². The molecule has 0 heterocycles. The first-order valence-electron chi connectivity index (χ1n) is 33.4. The summed E-state index contributed by atoms with van der Waals surface area (Å²) in [5, 5.41) is 19.6. The number of hydrogen-bond acceptors (Lipinski definition) is 7. The van der Waals surface area contributed by atoms with Crippen molar-refractivity contribution in [3.05, 3.63) is 35.1 Å². The molecule has 7 nitrogen and oxygen atoms in total. The molecule has 0 aliphatic rings. The minimum atomic E-state index is -2.06. The first-order chi connectivity index (χ1) is 37.5. The third-order valence-corrected chi connectivity index (χ3v) is 29.1. The van der Waals surface area contributed by atoms with Crippen molar-refractivity contribution in [2.75, 3.05) is 39.6 Å². The van der Waals surface area contributed by atoms with Gasteiger partial charge in [-0.3, -0.25) is 0 Å². The molecule has 1 rings (SSSR count). The molecule has 460 valence electrons. The average molecular weight is 1130 g/mol. The molecule has 0 unspecified atom stereocenters. The molecule has 0 amide bonds. The number of nitriles is 1. The number of hydrogen-bond donors (Lipinski definition) is 1. The fourth-order valence-corrected chi connectivity index (χ4v) is 23.6. The number of benzene rings is 1. The second-order valence-corrected chi connectivity index (χ2v) is 36.5. The Morgan fingerprint density at radius 2 is 0.731 bits per heavy atom. The van der Waals surface area contributed by atoms with E-state index in [4.69, 9.17) is 23.1 Å². The van der Waals surface area contributed by atoms with Gasteiger partial charge in [-0.15, -0.1) is 0 Å². The third-order valence-electron chi connectivity index (χ3n) is 16.9. The summed E-state index contributed by atoms with van der Waals surface area (Å²) in [5.74, 6) is -0.416. The number of aliphatic hydroxyl groups excluding tert-OH is 1. The number of rotatable bonds is 53. The van der Waals surface area contributed by atoms with Crippen LogP contribution in [0.25, 0.3) is 0 Å². The van der Waals surface area contributed by atoms with Gasteiger partial charge in [0.15, 0.2) is 16.6 Å². The number of halogens is 1. The molecule has 0 saturated carbocycles. The van der Waals surface area contributed by atoms with E-state index in [1.54, 1.807) is 6.07 Å². The van der Waals surface area contributed by atoms with Crippen molar-refractivity contribution in [1.82, 2.24) is 0 Å². The van der Waals surface area contributed by atoms with Crippen LogP contribution in [0.5, 0.6) is 0 Å². The zero-order chi connectivity index (χ0) is 58.3. The minimum absolute atomic E-state index is 0.225. The number of aliphatic hydroxyl groups is 1. The Morgan fingerprint density at radius 1 is 0.423 bits per heavy atom. The quantitative estimate of drug-likeness (QED) is 0.0513. The molecule has 1 aromatic rings. The molecule has 0 saturated heterocycles. The van der Waals surface area contributed by atoms with Gasteiger partial charge in [0.05, 0.1) is 50.8 Å². The molecule has 1 N–H and O–H groups in total. The van der Waals surface area contributed by atoms with E-state index in [0.29, 0.717) is 70.8 Å². The molecular weight excluding hydrogens is 1000 g/mol. The van der Waals surface area contributed by atoms with Crippen molar-refractivity contribution < 1.29 is 32.6 Å². The van der Waals surface area contributed by atoms with Crippen molar-refractivity contribution in [2.45, 2.75) is 354 Å². The predicted octanol–water partition coefficient (Wildman–Crippen LogP) is 21.9. The third kappa shape index (κ3) is 36.4. The first kappa shape index (κ1) is 76.8. The van der Waals surface area contributed by atoms with Crippen molar-refractivity contribution in [3.63, 3.8) is 0 Å². The molecule has 78 heavy (non-hydrogen) atoms. The lowest BCUT2D eigenvalue weighted by molar-refractivity contribution is -0.0483. The molecular formula is C68H132FNO6Si2. The SMILES string of the molecule is CCCCCCCCCCCCCCCCCCOC[C@@H](O)CO[Si](C(C)C)(C(C)C)C(C)C.CCCCCCCCCCCCCCCCCCOC[C@H](CO[Si](C(C)C)(C(C)C)C(C)C)OCc1cc(F)cc(C#N)c1. The Bertz CT molecular complexity index is 1480. The van der Waals surface area contributed by atoms with Crippen LogP contribution < -0.4 is 0 Å². The molecule has 0 aromatic heterocycles. The predicted molar refractivity (Wildman–Crippen MR) is 340 cm³/mol. The van der Waals surface area contributed by atoms with Crippen LogP contribution in [0.3, 0.4) is 0 Å². The van der Waals surface area contributed by atoms with E-state index >= 15 is 0 Å². The van der Waals surface area contributed by atoms with Gasteiger partial charge in [-0.05, 0) is 69.9 Å². The Morgan fingerprint density at radius 3 is 1.05 bits per heavy atom. The monoisotopic (exact) mass is 1130 g/mol. The van der Waals surface area contributed by atoms with Gasteiger partial charge >= 0.3 is 0 Å². The van der Waals surface area contributed by atoms with Crippen LogP contribution in [0, 0.1) is 17.1 Å². The fourth-order valence-electron chi connectivity index (χ4n) is 12.6. The first-order valence-corrected chi connectivity index (χ1v) is 37.7. The summed E-state index contributed by atoms with van der Waals surface area (Å²) < 4.78 is 45.4. The summed E-state index contributed by atoms with van der Waals surface area (Å²) in [6.07, 6.45) is 43.1. The Labute approximate surface area is 487 Å². The molecule has 0 aliphatic heterocycles. The van der Waals surface area contributed by atoms with Crippen molar-refractivity contribution in [3.8, 4) is 6.07 Å². The lowest BCUT2D eigenvalue weighted by atomic mass is 10.0. The van der Waals surface area contributed by atoms with E-state index in [2.05, 4.69) is 96.9 Å². The highest BCUT2D eigenvalue weighted by molar-refractivity contribution is 6.78. The van der Waals surface area contributed by atoms with Crippen LogP contribution >= 0.6 is 0 Å². The second kappa shape index (κ2) is 50.4. The minimum Gasteiger partial charge on any atom is -0.413 e.